The van der Waals surface area contributed by atoms with Gasteiger partial charge in [0.15, 0.2) is 11.6 Å². The molecule has 1 aliphatic rings. The fourth-order valence-corrected chi connectivity index (χ4v) is 1.76. The fraction of sp³-hybridized carbons (Fsp3) is 0.500. The van der Waals surface area contributed by atoms with Crippen LogP contribution in [0.15, 0.2) is 18.2 Å². The van der Waals surface area contributed by atoms with Crippen molar-refractivity contribution in [1.29, 1.82) is 0 Å². The average molecular weight is 245 g/mol. The van der Waals surface area contributed by atoms with Crippen molar-refractivity contribution in [2.24, 2.45) is 5.92 Å². The first-order valence-electron chi connectivity index (χ1n) is 5.57. The summed E-state index contributed by atoms with van der Waals surface area (Å²) in [6.07, 6.45) is 2.37. The van der Waals surface area contributed by atoms with Crippen LogP contribution >= 0.6 is 0 Å². The number of nitrogens with one attached hydrogen (secondary N) is 1. The van der Waals surface area contributed by atoms with Crippen LogP contribution in [0, 0.1) is 11.7 Å². The predicted molar refractivity (Wildman–Crippen MR) is 58.8 cm³/mol. The Hall–Kier alpha value is -1.39. The molecule has 0 saturated heterocycles. The van der Waals surface area contributed by atoms with Crippen LogP contribution in [0.1, 0.15) is 19.8 Å². The van der Waals surface area contributed by atoms with Crippen LogP contribution in [-0.4, -0.2) is 12.7 Å². The number of ether oxygens (including phenoxy) is 1. The van der Waals surface area contributed by atoms with E-state index in [1.807, 2.05) is 6.92 Å². The lowest BCUT2D eigenvalue weighted by molar-refractivity contribution is -0.0521. The number of hydrogen-bond acceptors (Lipinski definition) is 2. The molecule has 1 unspecified atom stereocenters. The smallest absolute Gasteiger partial charge is 0.387 e. The molecule has 1 aromatic carbocycles. The summed E-state index contributed by atoms with van der Waals surface area (Å²) in [5, 5.41) is 3.14. The second-order valence-electron chi connectivity index (χ2n) is 4.29. The van der Waals surface area contributed by atoms with Gasteiger partial charge in [-0.05, 0) is 37.8 Å². The van der Waals surface area contributed by atoms with Gasteiger partial charge in [-0.2, -0.15) is 8.78 Å². The Morgan fingerprint density at radius 2 is 2.06 bits per heavy atom. The van der Waals surface area contributed by atoms with Crippen LogP contribution < -0.4 is 10.1 Å². The first-order valence-corrected chi connectivity index (χ1v) is 5.57. The lowest BCUT2D eigenvalue weighted by Gasteiger charge is -2.15. The summed E-state index contributed by atoms with van der Waals surface area (Å²) in [4.78, 5) is 0. The van der Waals surface area contributed by atoms with Gasteiger partial charge in [0.2, 0.25) is 0 Å². The van der Waals surface area contributed by atoms with Gasteiger partial charge in [-0.3, -0.25) is 0 Å². The van der Waals surface area contributed by atoms with Crippen molar-refractivity contribution >= 4 is 5.69 Å². The Balaban J connectivity index is 2.02. The molecule has 0 bridgehead atoms. The van der Waals surface area contributed by atoms with E-state index in [4.69, 9.17) is 0 Å². The van der Waals surface area contributed by atoms with Crippen molar-refractivity contribution in [1.82, 2.24) is 0 Å². The molecule has 0 amide bonds. The van der Waals surface area contributed by atoms with E-state index in [-0.39, 0.29) is 6.04 Å². The molecule has 0 aromatic heterocycles. The van der Waals surface area contributed by atoms with Crippen LogP contribution in [0.2, 0.25) is 0 Å². The Kier molecular flexibility index (Phi) is 3.45. The first kappa shape index (κ1) is 12.1. The lowest BCUT2D eigenvalue weighted by Crippen LogP contribution is -2.17. The molecule has 0 radical (unpaired) electrons. The molecule has 1 fully saturated rings. The molecule has 94 valence electrons. The molecule has 17 heavy (non-hydrogen) atoms. The van der Waals surface area contributed by atoms with Crippen molar-refractivity contribution in [2.45, 2.75) is 32.4 Å². The molecule has 0 spiro atoms. The molecular formula is C12H14F3NO. The normalized spacial score (nSPS) is 17.0. The summed E-state index contributed by atoms with van der Waals surface area (Å²) in [6, 6.07) is 4.20. The highest BCUT2D eigenvalue weighted by Crippen LogP contribution is 2.34. The van der Waals surface area contributed by atoms with Gasteiger partial charge in [-0.25, -0.2) is 4.39 Å². The topological polar surface area (TPSA) is 21.3 Å². The molecule has 1 atom stereocenters. The minimum atomic E-state index is -3.01. The van der Waals surface area contributed by atoms with Gasteiger partial charge in [-0.1, -0.05) is 0 Å². The summed E-state index contributed by atoms with van der Waals surface area (Å²) < 4.78 is 41.2. The third kappa shape index (κ3) is 3.28. The van der Waals surface area contributed by atoms with E-state index in [2.05, 4.69) is 10.1 Å². The van der Waals surface area contributed by atoms with Gasteiger partial charge in [-0.15, -0.1) is 0 Å². The Labute approximate surface area is 97.8 Å². The second-order valence-corrected chi connectivity index (χ2v) is 4.29. The Morgan fingerprint density at radius 1 is 1.35 bits per heavy atom. The van der Waals surface area contributed by atoms with E-state index in [0.717, 1.165) is 0 Å². The van der Waals surface area contributed by atoms with E-state index in [1.54, 1.807) is 6.07 Å². The number of benzene rings is 1. The standard InChI is InChI=1S/C12H14F3NO/c1-7(8-2-3-8)16-9-4-5-11(10(13)6-9)17-12(14)15/h4-8,12,16H,2-3H2,1H3. The SMILES string of the molecule is CC(Nc1ccc(OC(F)F)c(F)c1)C1CC1. The largest absolute Gasteiger partial charge is 0.432 e. The van der Waals surface area contributed by atoms with Crippen molar-refractivity contribution in [3.8, 4) is 5.75 Å². The molecule has 1 aliphatic carbocycles. The molecule has 2 rings (SSSR count). The van der Waals surface area contributed by atoms with Crippen molar-refractivity contribution in [3.05, 3.63) is 24.0 Å². The van der Waals surface area contributed by atoms with Crippen molar-refractivity contribution in [2.75, 3.05) is 5.32 Å². The quantitative estimate of drug-likeness (QED) is 0.855. The summed E-state index contributed by atoms with van der Waals surface area (Å²) in [5.74, 6) is -0.571. The van der Waals surface area contributed by atoms with Crippen molar-refractivity contribution in [3.63, 3.8) is 0 Å². The van der Waals surface area contributed by atoms with E-state index < -0.39 is 18.2 Å². The highest BCUT2D eigenvalue weighted by molar-refractivity contribution is 5.48. The maximum atomic E-state index is 13.4. The average Bonchev–Trinajstić information content (AvgIpc) is 3.05. The number of alkyl halides is 2. The lowest BCUT2D eigenvalue weighted by atomic mass is 10.2. The number of rotatable bonds is 5. The zero-order valence-electron chi connectivity index (χ0n) is 9.42. The van der Waals surface area contributed by atoms with Crippen LogP contribution in [0.25, 0.3) is 0 Å². The van der Waals surface area contributed by atoms with E-state index in [1.165, 1.54) is 25.0 Å². The fourth-order valence-electron chi connectivity index (χ4n) is 1.76. The molecule has 1 aromatic rings. The number of halogens is 3. The van der Waals surface area contributed by atoms with Gasteiger partial charge in [0.05, 0.1) is 0 Å². The summed E-state index contributed by atoms with van der Waals surface area (Å²) >= 11 is 0. The minimum absolute atomic E-state index is 0.274. The first-order chi connectivity index (χ1) is 8.06. The summed E-state index contributed by atoms with van der Waals surface area (Å²) in [6.45, 7) is -0.979. The van der Waals surface area contributed by atoms with Crippen LogP contribution in [0.5, 0.6) is 5.75 Å². The number of hydrogen-bond donors (Lipinski definition) is 1. The van der Waals surface area contributed by atoms with E-state index in [0.29, 0.717) is 11.6 Å². The maximum absolute atomic E-state index is 13.4. The maximum Gasteiger partial charge on any atom is 0.387 e. The molecule has 0 heterocycles. The Morgan fingerprint density at radius 3 is 2.59 bits per heavy atom. The van der Waals surface area contributed by atoms with Gasteiger partial charge < -0.3 is 10.1 Å². The van der Waals surface area contributed by atoms with Gasteiger partial charge in [0.25, 0.3) is 0 Å². The third-order valence-electron chi connectivity index (χ3n) is 2.87. The second kappa shape index (κ2) is 4.85. The molecule has 5 heteroatoms. The van der Waals surface area contributed by atoms with Gasteiger partial charge in [0.1, 0.15) is 0 Å². The molecule has 1 N–H and O–H groups in total. The Bertz CT molecular complexity index is 393. The molecule has 2 nitrogen and oxygen atoms in total. The van der Waals surface area contributed by atoms with Gasteiger partial charge in [0, 0.05) is 17.8 Å². The highest BCUT2D eigenvalue weighted by atomic mass is 19.3. The predicted octanol–water partition coefficient (Wildman–Crippen LogP) is 3.64. The molecular weight excluding hydrogens is 231 g/mol. The summed E-state index contributed by atoms with van der Waals surface area (Å²) in [7, 11) is 0. The van der Waals surface area contributed by atoms with Crippen LogP contribution in [0.4, 0.5) is 18.9 Å². The zero-order valence-corrected chi connectivity index (χ0v) is 9.42. The molecule has 0 aliphatic heterocycles. The van der Waals surface area contributed by atoms with Gasteiger partial charge >= 0.3 is 6.61 Å². The zero-order chi connectivity index (χ0) is 12.4. The summed E-state index contributed by atoms with van der Waals surface area (Å²) in [5.41, 5.74) is 0.587. The molecule has 1 saturated carbocycles. The van der Waals surface area contributed by atoms with Crippen LogP contribution in [-0.2, 0) is 0 Å². The number of anilines is 1. The van der Waals surface area contributed by atoms with Crippen LogP contribution in [0.3, 0.4) is 0 Å². The van der Waals surface area contributed by atoms with E-state index >= 15 is 0 Å². The monoisotopic (exact) mass is 245 g/mol. The highest BCUT2D eigenvalue weighted by Gasteiger charge is 2.27. The van der Waals surface area contributed by atoms with E-state index in [9.17, 15) is 13.2 Å². The third-order valence-corrected chi connectivity index (χ3v) is 2.87. The van der Waals surface area contributed by atoms with Crippen molar-refractivity contribution < 1.29 is 17.9 Å². The minimum Gasteiger partial charge on any atom is -0.432 e.